The van der Waals surface area contributed by atoms with E-state index in [1.165, 1.54) is 0 Å². The number of ether oxygens (including phenoxy) is 2. The maximum Gasteiger partial charge on any atom is 0.417 e. The van der Waals surface area contributed by atoms with Crippen molar-refractivity contribution in [2.75, 3.05) is 0 Å². The first-order valence-electron chi connectivity index (χ1n) is 9.92. The summed E-state index contributed by atoms with van der Waals surface area (Å²) in [7, 11) is 0. The van der Waals surface area contributed by atoms with Crippen molar-refractivity contribution in [2.45, 2.75) is 90.5 Å². The van der Waals surface area contributed by atoms with Gasteiger partial charge in [0.15, 0.2) is 0 Å². The van der Waals surface area contributed by atoms with Gasteiger partial charge < -0.3 is 9.47 Å². The second-order valence-corrected chi connectivity index (χ2v) is 9.88. The smallest absolute Gasteiger partial charge is 0.417 e. The molecular formula is C20H30N2O6. The first-order valence-corrected chi connectivity index (χ1v) is 9.92. The Labute approximate surface area is 165 Å². The molecule has 0 aromatic rings. The number of hydrogen-bond donors (Lipinski definition) is 0. The molecule has 0 aromatic carbocycles. The fourth-order valence-electron chi connectivity index (χ4n) is 4.44. The molecule has 1 aliphatic carbocycles. The van der Waals surface area contributed by atoms with E-state index in [1.807, 2.05) is 0 Å². The highest BCUT2D eigenvalue weighted by molar-refractivity contribution is 6.01. The number of nitrogens with zero attached hydrogens (tertiary/aromatic N) is 2. The van der Waals surface area contributed by atoms with E-state index in [9.17, 15) is 19.2 Å². The lowest BCUT2D eigenvalue weighted by atomic mass is 9.71. The number of carbonyl (C=O) groups is 4. The molecular weight excluding hydrogens is 364 g/mol. The first kappa shape index (κ1) is 20.6. The van der Waals surface area contributed by atoms with Crippen LogP contribution in [0.15, 0.2) is 0 Å². The van der Waals surface area contributed by atoms with Crippen LogP contribution in [0, 0.1) is 11.8 Å². The van der Waals surface area contributed by atoms with Gasteiger partial charge in [-0.2, -0.15) is 0 Å². The number of hydrogen-bond acceptors (Lipinski definition) is 6. The molecule has 6 rings (SSSR count). The molecule has 156 valence electrons. The Balaban J connectivity index is 1.93. The molecule has 5 aliphatic heterocycles. The number of imide groups is 2. The zero-order valence-corrected chi connectivity index (χ0v) is 17.5. The molecule has 8 nitrogen and oxygen atoms in total. The third-order valence-electron chi connectivity index (χ3n) is 5.43. The van der Waals surface area contributed by atoms with Crippen molar-refractivity contribution in [3.63, 3.8) is 0 Å². The fourth-order valence-corrected chi connectivity index (χ4v) is 4.44. The van der Waals surface area contributed by atoms with E-state index in [0.717, 1.165) is 9.80 Å². The predicted molar refractivity (Wildman–Crippen MR) is 99.2 cm³/mol. The summed E-state index contributed by atoms with van der Waals surface area (Å²) in [6.07, 6.45) is 0.746. The number of carbonyl (C=O) groups excluding carboxylic acids is 4. The van der Waals surface area contributed by atoms with Crippen LogP contribution in [0.2, 0.25) is 0 Å². The average molecular weight is 394 g/mol. The summed E-state index contributed by atoms with van der Waals surface area (Å²) in [6.45, 7) is 10.4. The van der Waals surface area contributed by atoms with Gasteiger partial charge in [-0.3, -0.25) is 9.59 Å². The Morgan fingerprint density at radius 2 is 1.04 bits per heavy atom. The lowest BCUT2D eigenvalue weighted by Gasteiger charge is -2.52. The molecule has 8 heteroatoms. The summed E-state index contributed by atoms with van der Waals surface area (Å²) < 4.78 is 10.9. The van der Waals surface area contributed by atoms with E-state index in [0.29, 0.717) is 25.7 Å². The van der Waals surface area contributed by atoms with Crippen LogP contribution in [0.1, 0.15) is 67.2 Å². The Bertz CT molecular complexity index is 644. The molecule has 5 heterocycles. The van der Waals surface area contributed by atoms with Crippen molar-refractivity contribution in [3.8, 4) is 0 Å². The Hall–Kier alpha value is -2.12. The third kappa shape index (κ3) is 3.73. The van der Waals surface area contributed by atoms with Crippen LogP contribution >= 0.6 is 0 Å². The van der Waals surface area contributed by atoms with Gasteiger partial charge >= 0.3 is 12.2 Å². The lowest BCUT2D eigenvalue weighted by molar-refractivity contribution is -0.163. The highest BCUT2D eigenvalue weighted by Gasteiger charge is 2.57. The molecule has 5 saturated heterocycles. The maximum absolute atomic E-state index is 13.2. The average Bonchev–Trinajstić information content (AvgIpc) is 2.47. The molecule has 6 fully saturated rings. The normalized spacial score (nSPS) is 30.2. The van der Waals surface area contributed by atoms with Gasteiger partial charge in [0.1, 0.15) is 11.2 Å². The SMILES string of the molecule is CC(C)(C)OC(=O)N1C(=O)[C@H]2CC[C@@H]1[C@H]1CC[C@@H]2N(C(=O)OC(C)(C)C)C1=O. The fraction of sp³-hybridized carbons (Fsp3) is 0.800. The second kappa shape index (κ2) is 6.74. The number of piperidine rings is 2. The molecule has 0 spiro atoms. The van der Waals surface area contributed by atoms with Crippen LogP contribution in [0.25, 0.3) is 0 Å². The van der Waals surface area contributed by atoms with Gasteiger partial charge in [0.05, 0.1) is 23.9 Å². The molecule has 0 unspecified atom stereocenters. The molecule has 28 heavy (non-hydrogen) atoms. The van der Waals surface area contributed by atoms with Crippen LogP contribution in [-0.4, -0.2) is 57.1 Å². The number of amides is 4. The monoisotopic (exact) mass is 394 g/mol. The summed E-state index contributed by atoms with van der Waals surface area (Å²) in [6, 6.07) is -1.17. The van der Waals surface area contributed by atoms with E-state index >= 15 is 0 Å². The largest absolute Gasteiger partial charge is 0.443 e. The van der Waals surface area contributed by atoms with Crippen LogP contribution in [0.5, 0.6) is 0 Å². The van der Waals surface area contributed by atoms with Crippen LogP contribution in [0.3, 0.4) is 0 Å². The number of rotatable bonds is 0. The van der Waals surface area contributed by atoms with Gasteiger partial charge in [-0.1, -0.05) is 0 Å². The van der Waals surface area contributed by atoms with Crippen molar-refractivity contribution >= 4 is 24.0 Å². The summed E-state index contributed by atoms with van der Waals surface area (Å²) >= 11 is 0. The van der Waals surface area contributed by atoms with E-state index in [4.69, 9.17) is 9.47 Å². The third-order valence-corrected chi connectivity index (χ3v) is 5.43. The van der Waals surface area contributed by atoms with E-state index < -0.39 is 47.3 Å². The van der Waals surface area contributed by atoms with Gasteiger partial charge in [-0.15, -0.1) is 0 Å². The standard InChI is InChI=1S/C20H30N2O6/c1-19(2,3)27-17(25)21-13-9-7-12(15(21)23)14-10-8-11(13)16(24)22(14)18(26)28-20(4,5)6/h11-14H,7-10H2,1-6H3/t11-,12+,13-,14+. The second-order valence-electron chi connectivity index (χ2n) is 9.88. The predicted octanol–water partition coefficient (Wildman–Crippen LogP) is 3.08. The van der Waals surface area contributed by atoms with Gasteiger partial charge in [0.2, 0.25) is 11.8 Å². The van der Waals surface area contributed by atoms with Crippen molar-refractivity contribution in [1.29, 1.82) is 0 Å². The molecule has 0 radical (unpaired) electrons. The highest BCUT2D eigenvalue weighted by atomic mass is 16.6. The minimum absolute atomic E-state index is 0.360. The molecule has 4 atom stereocenters. The van der Waals surface area contributed by atoms with Crippen molar-refractivity contribution in [1.82, 2.24) is 9.80 Å². The molecule has 1 saturated carbocycles. The zero-order valence-electron chi connectivity index (χ0n) is 17.5. The van der Waals surface area contributed by atoms with E-state index in [2.05, 4.69) is 0 Å². The van der Waals surface area contributed by atoms with Gasteiger partial charge in [-0.05, 0) is 67.2 Å². The quantitative estimate of drug-likeness (QED) is 0.627. The van der Waals surface area contributed by atoms with Crippen molar-refractivity contribution in [2.24, 2.45) is 11.8 Å². The highest BCUT2D eigenvalue weighted by Crippen LogP contribution is 2.44. The first-order chi connectivity index (χ1) is 12.8. The molecule has 0 aromatic heterocycles. The summed E-state index contributed by atoms with van der Waals surface area (Å²) in [5.74, 6) is -1.94. The topological polar surface area (TPSA) is 93.2 Å². The van der Waals surface area contributed by atoms with E-state index in [1.54, 1.807) is 41.5 Å². The zero-order chi connectivity index (χ0) is 21.0. The minimum Gasteiger partial charge on any atom is -0.443 e. The van der Waals surface area contributed by atoms with Crippen molar-refractivity contribution < 1.29 is 28.7 Å². The summed E-state index contributed by atoms with van der Waals surface area (Å²) in [5, 5.41) is 0. The molecule has 4 bridgehead atoms. The lowest BCUT2D eigenvalue weighted by Crippen LogP contribution is -2.68. The van der Waals surface area contributed by atoms with Gasteiger partial charge in [0.25, 0.3) is 0 Å². The van der Waals surface area contributed by atoms with Crippen molar-refractivity contribution in [3.05, 3.63) is 0 Å². The maximum atomic E-state index is 13.2. The molecule has 0 N–H and O–H groups in total. The Morgan fingerprint density at radius 3 is 1.32 bits per heavy atom. The summed E-state index contributed by atoms with van der Waals surface area (Å²) in [4.78, 5) is 54.1. The van der Waals surface area contributed by atoms with Gasteiger partial charge in [-0.25, -0.2) is 19.4 Å². The van der Waals surface area contributed by atoms with E-state index in [-0.39, 0.29) is 11.8 Å². The Morgan fingerprint density at radius 1 is 0.714 bits per heavy atom. The minimum atomic E-state index is -0.745. The van der Waals surface area contributed by atoms with Gasteiger partial charge in [0, 0.05) is 0 Å². The Kier molecular flexibility index (Phi) is 4.96. The molecule has 6 aliphatic rings. The van der Waals surface area contributed by atoms with Crippen LogP contribution < -0.4 is 0 Å². The summed E-state index contributed by atoms with van der Waals surface area (Å²) in [5.41, 5.74) is -1.49. The van der Waals surface area contributed by atoms with Crippen LogP contribution in [0.4, 0.5) is 9.59 Å². The molecule has 4 amide bonds. The van der Waals surface area contributed by atoms with Crippen LogP contribution in [-0.2, 0) is 19.1 Å².